The third-order valence-corrected chi connectivity index (χ3v) is 7.65. The van der Waals surface area contributed by atoms with E-state index in [0.717, 1.165) is 71.3 Å². The molecule has 1 saturated heterocycles. The first-order chi connectivity index (χ1) is 18.9. The molecular formula is C29H34N9O+. The lowest BCUT2D eigenvalue weighted by molar-refractivity contribution is 0.0949. The lowest BCUT2D eigenvalue weighted by Crippen LogP contribution is -2.44. The smallest absolute Gasteiger partial charge is 0.252 e. The first-order valence-electron chi connectivity index (χ1n) is 13.5. The highest BCUT2D eigenvalue weighted by Gasteiger charge is 2.32. The van der Waals surface area contributed by atoms with E-state index in [0.29, 0.717) is 16.6 Å². The van der Waals surface area contributed by atoms with Gasteiger partial charge in [-0.3, -0.25) is 24.2 Å². The van der Waals surface area contributed by atoms with Gasteiger partial charge in [0.05, 0.1) is 60.4 Å². The summed E-state index contributed by atoms with van der Waals surface area (Å²) in [5.41, 5.74) is 8.11. The Bertz CT molecular complexity index is 1550. The highest BCUT2D eigenvalue weighted by molar-refractivity contribution is 5.96. The van der Waals surface area contributed by atoms with Crippen molar-refractivity contribution in [1.29, 1.82) is 0 Å². The van der Waals surface area contributed by atoms with Crippen LogP contribution in [-0.4, -0.2) is 82.2 Å². The van der Waals surface area contributed by atoms with E-state index in [1.807, 2.05) is 29.9 Å². The predicted octanol–water partition coefficient (Wildman–Crippen LogP) is 3.35. The van der Waals surface area contributed by atoms with E-state index >= 15 is 0 Å². The summed E-state index contributed by atoms with van der Waals surface area (Å²) in [4.78, 5) is 28.5. The van der Waals surface area contributed by atoms with Crippen molar-refractivity contribution < 1.29 is 4.79 Å². The van der Waals surface area contributed by atoms with Gasteiger partial charge in [0, 0.05) is 43.4 Å². The molecule has 39 heavy (non-hydrogen) atoms. The average Bonchev–Trinajstić information content (AvgIpc) is 3.61. The van der Waals surface area contributed by atoms with E-state index in [9.17, 15) is 4.79 Å². The summed E-state index contributed by atoms with van der Waals surface area (Å²) in [6, 6.07) is 4.01. The summed E-state index contributed by atoms with van der Waals surface area (Å²) < 4.78 is 2.58. The number of likely N-dealkylation sites (N-methyl/N-ethyl adjacent to an activating group) is 1. The fourth-order valence-electron chi connectivity index (χ4n) is 5.47. The Morgan fingerprint density at radius 2 is 1.92 bits per heavy atom. The molecule has 2 aliphatic heterocycles. The molecule has 200 valence electrons. The molecule has 1 amide bonds. The summed E-state index contributed by atoms with van der Waals surface area (Å²) >= 11 is 0. The summed E-state index contributed by atoms with van der Waals surface area (Å²) in [6.07, 6.45) is 15.4. The maximum Gasteiger partial charge on any atom is 0.252 e. The minimum absolute atomic E-state index is 0.103. The van der Waals surface area contributed by atoms with Gasteiger partial charge in [0.1, 0.15) is 12.1 Å². The van der Waals surface area contributed by atoms with Crippen LogP contribution in [0.25, 0.3) is 22.5 Å². The molecule has 2 N–H and O–H groups in total. The maximum absolute atomic E-state index is 12.9. The molecule has 4 aromatic rings. The third-order valence-electron chi connectivity index (χ3n) is 7.65. The topological polar surface area (TPSA) is 100 Å². The number of nitrogens with zero attached hydrogens (tertiary/aromatic N) is 7. The number of anilines is 1. The van der Waals surface area contributed by atoms with Gasteiger partial charge in [0.25, 0.3) is 5.91 Å². The van der Waals surface area contributed by atoms with E-state index in [2.05, 4.69) is 56.7 Å². The summed E-state index contributed by atoms with van der Waals surface area (Å²) in [6.45, 7) is 6.50. The highest BCUT2D eigenvalue weighted by atomic mass is 16.1. The van der Waals surface area contributed by atoms with Crippen LogP contribution in [0.3, 0.4) is 0 Å². The van der Waals surface area contributed by atoms with Crippen LogP contribution < -0.4 is 15.1 Å². The molecule has 0 atom stereocenters. The van der Waals surface area contributed by atoms with Crippen LogP contribution in [0.15, 0.2) is 55.4 Å². The Kier molecular flexibility index (Phi) is 6.58. The van der Waals surface area contributed by atoms with Crippen molar-refractivity contribution in [2.75, 3.05) is 52.1 Å². The van der Waals surface area contributed by atoms with Crippen LogP contribution in [0.2, 0.25) is 0 Å². The number of aromatic nitrogens is 5. The number of hydrogen-bond acceptors (Lipinski definition) is 7. The molecule has 4 aromatic heterocycles. The van der Waals surface area contributed by atoms with Crippen LogP contribution in [0.4, 0.5) is 11.4 Å². The van der Waals surface area contributed by atoms with Crippen molar-refractivity contribution in [3.05, 3.63) is 72.2 Å². The number of carbonyl (C=O) groups is 1. The van der Waals surface area contributed by atoms with Gasteiger partial charge < -0.3 is 15.5 Å². The number of aryl methyl sites for hydroxylation is 1. The molecule has 0 saturated carbocycles. The lowest BCUT2D eigenvalue weighted by Gasteiger charge is -2.34. The zero-order valence-electron chi connectivity index (χ0n) is 22.7. The van der Waals surface area contributed by atoms with Gasteiger partial charge in [0.15, 0.2) is 5.69 Å². The van der Waals surface area contributed by atoms with Gasteiger partial charge in [0.2, 0.25) is 0 Å². The van der Waals surface area contributed by atoms with Gasteiger partial charge in [-0.1, -0.05) is 0 Å². The standard InChI is InChI=1S/C29H33N9O/c1-20-25(14-21(16-33-20)29(39)32-9-12-36-10-4-5-11-36)35-24-6-13-38(2,3)28-23(24)17-34-37-19-22(15-27(28)37)26-18-30-7-8-31-26/h6-8,14-19,35H,4-5,9-13H2,1-3H3/p+1. The number of rotatable bonds is 7. The number of carbonyl (C=O) groups excluding carboxylic acids is 1. The first kappa shape index (κ1) is 25.1. The van der Waals surface area contributed by atoms with Crippen molar-refractivity contribution >= 4 is 28.5 Å². The molecule has 0 aromatic carbocycles. The van der Waals surface area contributed by atoms with Crippen LogP contribution in [0.5, 0.6) is 0 Å². The number of quaternary nitrogens is 1. The molecule has 2 aliphatic rings. The van der Waals surface area contributed by atoms with E-state index in [4.69, 9.17) is 5.10 Å². The molecule has 6 rings (SSSR count). The number of amides is 1. The molecule has 0 aliphatic carbocycles. The summed E-state index contributed by atoms with van der Waals surface area (Å²) in [5.74, 6) is -0.103. The van der Waals surface area contributed by atoms with Gasteiger partial charge in [-0.05, 0) is 51.1 Å². The van der Waals surface area contributed by atoms with Crippen molar-refractivity contribution in [2.24, 2.45) is 0 Å². The maximum atomic E-state index is 12.9. The predicted molar refractivity (Wildman–Crippen MR) is 153 cm³/mol. The normalized spacial score (nSPS) is 16.6. The molecule has 10 nitrogen and oxygen atoms in total. The second-order valence-electron chi connectivity index (χ2n) is 10.8. The number of pyridine rings is 1. The first-order valence-corrected chi connectivity index (χ1v) is 13.5. The van der Waals surface area contributed by atoms with E-state index in [1.54, 1.807) is 24.8 Å². The molecule has 0 bridgehead atoms. The second-order valence-corrected chi connectivity index (χ2v) is 10.8. The van der Waals surface area contributed by atoms with Crippen LogP contribution >= 0.6 is 0 Å². The van der Waals surface area contributed by atoms with E-state index in [-0.39, 0.29) is 5.91 Å². The molecule has 0 radical (unpaired) electrons. The Balaban J connectivity index is 1.27. The Labute approximate surface area is 228 Å². The van der Waals surface area contributed by atoms with Crippen LogP contribution in [0, 0.1) is 6.92 Å². The molecule has 10 heteroatoms. The number of likely N-dealkylation sites (tertiary alicyclic amines) is 1. The fourth-order valence-corrected chi connectivity index (χ4v) is 5.47. The van der Waals surface area contributed by atoms with Crippen LogP contribution in [-0.2, 0) is 0 Å². The molecule has 6 heterocycles. The van der Waals surface area contributed by atoms with Crippen molar-refractivity contribution in [1.82, 2.24) is 39.3 Å². The molecule has 0 unspecified atom stereocenters. The Hall–Kier alpha value is -4.15. The van der Waals surface area contributed by atoms with Crippen molar-refractivity contribution in [3.63, 3.8) is 0 Å². The Morgan fingerprint density at radius 3 is 2.72 bits per heavy atom. The fraction of sp³-hybridized carbons (Fsp3) is 0.345. The van der Waals surface area contributed by atoms with E-state index in [1.165, 1.54) is 12.8 Å². The quantitative estimate of drug-likeness (QED) is 0.358. The highest BCUT2D eigenvalue weighted by Crippen LogP contribution is 2.39. The third kappa shape index (κ3) is 5.00. The van der Waals surface area contributed by atoms with Gasteiger partial charge >= 0.3 is 0 Å². The molecular weight excluding hydrogens is 490 g/mol. The number of fused-ring (bicyclic) bond motifs is 3. The molecule has 1 fully saturated rings. The zero-order valence-corrected chi connectivity index (χ0v) is 22.7. The number of nitrogens with one attached hydrogen (secondary N) is 2. The second kappa shape index (κ2) is 10.2. The summed E-state index contributed by atoms with van der Waals surface area (Å²) in [7, 11) is 4.39. The Morgan fingerprint density at radius 1 is 1.08 bits per heavy atom. The van der Waals surface area contributed by atoms with Gasteiger partial charge in [-0.2, -0.15) is 5.10 Å². The SMILES string of the molecule is Cc1ncc(C(=O)NCCN2CCCC2)cc1NC1=CC[N+](C)(C)c2c1cnn1cc(-c3cnccn3)cc21. The summed E-state index contributed by atoms with van der Waals surface area (Å²) in [5, 5.41) is 11.3. The lowest BCUT2D eigenvalue weighted by atomic mass is 10.0. The molecule has 0 spiro atoms. The van der Waals surface area contributed by atoms with Crippen LogP contribution in [0.1, 0.15) is 34.5 Å². The minimum Gasteiger partial charge on any atom is -0.353 e. The average molecular weight is 525 g/mol. The van der Waals surface area contributed by atoms with E-state index < -0.39 is 0 Å². The largest absolute Gasteiger partial charge is 0.353 e. The van der Waals surface area contributed by atoms with Gasteiger partial charge in [-0.25, -0.2) is 4.52 Å². The zero-order chi connectivity index (χ0) is 27.0. The number of hydrogen-bond donors (Lipinski definition) is 2. The minimum atomic E-state index is -0.103. The van der Waals surface area contributed by atoms with Gasteiger partial charge in [-0.15, -0.1) is 0 Å². The van der Waals surface area contributed by atoms with Crippen molar-refractivity contribution in [3.8, 4) is 11.3 Å². The van der Waals surface area contributed by atoms with Crippen molar-refractivity contribution in [2.45, 2.75) is 19.8 Å². The monoisotopic (exact) mass is 524 g/mol.